The third-order valence-corrected chi connectivity index (χ3v) is 2.13. The van der Waals surface area contributed by atoms with E-state index in [0.717, 1.165) is 0 Å². The average molecular weight is 202 g/mol. The number of rotatable bonds is 1. The van der Waals surface area contributed by atoms with Gasteiger partial charge in [-0.1, -0.05) is 13.8 Å². The maximum absolute atomic E-state index is 11.4. The fourth-order valence-corrected chi connectivity index (χ4v) is 1.18. The van der Waals surface area contributed by atoms with Crippen LogP contribution < -0.4 is 0 Å². The molecule has 0 bridgehead atoms. The Morgan fingerprint density at radius 1 is 1.14 bits per heavy atom. The summed E-state index contributed by atoms with van der Waals surface area (Å²) in [6.45, 7) is 5.95. The van der Waals surface area contributed by atoms with E-state index in [1.165, 1.54) is 13.8 Å². The van der Waals surface area contributed by atoms with Crippen LogP contribution in [-0.2, 0) is 19.1 Å². The monoisotopic (exact) mass is 202 g/mol. The van der Waals surface area contributed by atoms with E-state index in [-0.39, 0.29) is 0 Å². The summed E-state index contributed by atoms with van der Waals surface area (Å²) in [6.07, 6.45) is 0. The minimum absolute atomic E-state index is 0.585. The van der Waals surface area contributed by atoms with Gasteiger partial charge in [0.05, 0.1) is 0 Å². The van der Waals surface area contributed by atoms with Crippen LogP contribution in [-0.4, -0.2) is 28.4 Å². The molecule has 14 heavy (non-hydrogen) atoms. The normalized spacial score (nSPS) is 24.4. The maximum Gasteiger partial charge on any atom is 0.353 e. The topological polar surface area (TPSA) is 72.8 Å². The summed E-state index contributed by atoms with van der Waals surface area (Å²) in [4.78, 5) is 22.8. The fraction of sp³-hybridized carbons (Fsp3) is 0.778. The number of cyclic esters (lactones) is 2. The van der Waals surface area contributed by atoms with Gasteiger partial charge >= 0.3 is 11.9 Å². The Bertz CT molecular complexity index is 259. The maximum atomic E-state index is 11.4. The second kappa shape index (κ2) is 2.95. The Morgan fingerprint density at radius 2 is 1.50 bits per heavy atom. The van der Waals surface area contributed by atoms with Crippen molar-refractivity contribution in [2.75, 3.05) is 0 Å². The predicted molar refractivity (Wildman–Crippen MR) is 46.1 cm³/mol. The molecule has 0 unspecified atom stereocenters. The van der Waals surface area contributed by atoms with Crippen molar-refractivity contribution < 1.29 is 24.2 Å². The van der Waals surface area contributed by atoms with Crippen molar-refractivity contribution in [1.82, 2.24) is 0 Å². The van der Waals surface area contributed by atoms with Gasteiger partial charge in [0.25, 0.3) is 11.4 Å². The first-order valence-electron chi connectivity index (χ1n) is 4.39. The minimum Gasteiger partial charge on any atom is -0.421 e. The highest BCUT2D eigenvalue weighted by Crippen LogP contribution is 2.30. The standard InChI is InChI=1S/C9H14O5/c1-5(2)9(12)6(10)13-8(3,4)14-7(9)11/h5,12H,1-4H3. The molecule has 1 rings (SSSR count). The fourth-order valence-electron chi connectivity index (χ4n) is 1.18. The molecule has 0 saturated carbocycles. The van der Waals surface area contributed by atoms with Gasteiger partial charge in [-0.3, -0.25) is 0 Å². The lowest BCUT2D eigenvalue weighted by Crippen LogP contribution is -2.61. The number of hydrogen-bond donors (Lipinski definition) is 1. The lowest BCUT2D eigenvalue weighted by Gasteiger charge is -2.38. The van der Waals surface area contributed by atoms with Crippen molar-refractivity contribution >= 4 is 11.9 Å². The number of ether oxygens (including phenoxy) is 2. The van der Waals surface area contributed by atoms with Gasteiger partial charge in [0.2, 0.25) is 0 Å². The van der Waals surface area contributed by atoms with Gasteiger partial charge in [0.1, 0.15) is 0 Å². The first kappa shape index (κ1) is 11.0. The van der Waals surface area contributed by atoms with Crippen molar-refractivity contribution in [1.29, 1.82) is 0 Å². The summed E-state index contributed by atoms with van der Waals surface area (Å²) in [7, 11) is 0. The molecule has 1 aliphatic heterocycles. The minimum atomic E-state index is -2.17. The molecule has 1 fully saturated rings. The zero-order valence-electron chi connectivity index (χ0n) is 8.66. The molecule has 80 valence electrons. The van der Waals surface area contributed by atoms with Crippen molar-refractivity contribution in [2.45, 2.75) is 39.1 Å². The van der Waals surface area contributed by atoms with E-state index in [2.05, 4.69) is 0 Å². The van der Waals surface area contributed by atoms with E-state index in [4.69, 9.17) is 9.47 Å². The first-order chi connectivity index (χ1) is 6.20. The van der Waals surface area contributed by atoms with Crippen LogP contribution in [0.5, 0.6) is 0 Å². The molecule has 1 saturated heterocycles. The van der Waals surface area contributed by atoms with E-state index < -0.39 is 29.2 Å². The highest BCUT2D eigenvalue weighted by Gasteiger charge is 2.57. The highest BCUT2D eigenvalue weighted by atomic mass is 16.8. The van der Waals surface area contributed by atoms with Crippen LogP contribution >= 0.6 is 0 Å². The molecule has 1 heterocycles. The van der Waals surface area contributed by atoms with Crippen LogP contribution in [0.25, 0.3) is 0 Å². The Morgan fingerprint density at radius 3 is 1.79 bits per heavy atom. The molecular formula is C9H14O5. The Labute approximate surface area is 82.0 Å². The van der Waals surface area contributed by atoms with Crippen molar-refractivity contribution in [3.05, 3.63) is 0 Å². The smallest absolute Gasteiger partial charge is 0.353 e. The van der Waals surface area contributed by atoms with Crippen LogP contribution in [0.2, 0.25) is 0 Å². The van der Waals surface area contributed by atoms with Crippen molar-refractivity contribution in [3.8, 4) is 0 Å². The van der Waals surface area contributed by atoms with Gasteiger partial charge in [-0.25, -0.2) is 9.59 Å². The van der Waals surface area contributed by atoms with Gasteiger partial charge in [0, 0.05) is 19.8 Å². The molecule has 0 amide bonds. The lowest BCUT2D eigenvalue weighted by atomic mass is 9.89. The summed E-state index contributed by atoms with van der Waals surface area (Å²) in [5.41, 5.74) is -2.17. The summed E-state index contributed by atoms with van der Waals surface area (Å²) in [5, 5.41) is 9.77. The number of carbonyl (C=O) groups is 2. The van der Waals surface area contributed by atoms with E-state index in [1.54, 1.807) is 13.8 Å². The zero-order chi connectivity index (χ0) is 11.1. The van der Waals surface area contributed by atoms with Gasteiger partial charge < -0.3 is 14.6 Å². The number of aliphatic hydroxyl groups is 1. The van der Waals surface area contributed by atoms with E-state index in [9.17, 15) is 14.7 Å². The van der Waals surface area contributed by atoms with Gasteiger partial charge in [-0.15, -0.1) is 0 Å². The SMILES string of the molecule is CC(C)C1(O)C(=O)OC(C)(C)OC1=O. The molecule has 0 spiro atoms. The molecular weight excluding hydrogens is 188 g/mol. The second-order valence-corrected chi connectivity index (χ2v) is 4.10. The van der Waals surface area contributed by atoms with Crippen LogP contribution in [0.1, 0.15) is 27.7 Å². The summed E-state index contributed by atoms with van der Waals surface area (Å²) >= 11 is 0. The van der Waals surface area contributed by atoms with Gasteiger partial charge in [-0.2, -0.15) is 0 Å². The largest absolute Gasteiger partial charge is 0.421 e. The van der Waals surface area contributed by atoms with E-state index in [1.807, 2.05) is 0 Å². The zero-order valence-corrected chi connectivity index (χ0v) is 8.66. The van der Waals surface area contributed by atoms with Crippen molar-refractivity contribution in [2.24, 2.45) is 5.92 Å². The quantitative estimate of drug-likeness (QED) is 0.486. The molecule has 0 radical (unpaired) electrons. The molecule has 0 aromatic rings. The average Bonchev–Trinajstić information content (AvgIpc) is 1.97. The molecule has 0 aliphatic carbocycles. The summed E-state index contributed by atoms with van der Waals surface area (Å²) in [6, 6.07) is 0. The number of esters is 2. The van der Waals surface area contributed by atoms with E-state index >= 15 is 0 Å². The Hall–Kier alpha value is -1.10. The van der Waals surface area contributed by atoms with Crippen LogP contribution in [0, 0.1) is 5.92 Å². The molecule has 0 aromatic heterocycles. The Kier molecular flexibility index (Phi) is 2.31. The third kappa shape index (κ3) is 1.48. The van der Waals surface area contributed by atoms with Crippen LogP contribution in [0.3, 0.4) is 0 Å². The van der Waals surface area contributed by atoms with Crippen molar-refractivity contribution in [3.63, 3.8) is 0 Å². The lowest BCUT2D eigenvalue weighted by molar-refractivity contribution is -0.264. The van der Waals surface area contributed by atoms with Crippen LogP contribution in [0.4, 0.5) is 0 Å². The Balaban J connectivity index is 3.03. The van der Waals surface area contributed by atoms with Gasteiger partial charge in [-0.05, 0) is 0 Å². The van der Waals surface area contributed by atoms with Crippen LogP contribution in [0.15, 0.2) is 0 Å². The van der Waals surface area contributed by atoms with Gasteiger partial charge in [0.15, 0.2) is 0 Å². The number of hydrogen-bond acceptors (Lipinski definition) is 5. The molecule has 0 atom stereocenters. The highest BCUT2D eigenvalue weighted by molar-refractivity contribution is 6.05. The first-order valence-corrected chi connectivity index (χ1v) is 4.39. The molecule has 0 aromatic carbocycles. The molecule has 5 nitrogen and oxygen atoms in total. The second-order valence-electron chi connectivity index (χ2n) is 4.10. The molecule has 1 N–H and O–H groups in total. The summed E-state index contributed by atoms with van der Waals surface area (Å²) in [5.74, 6) is -3.78. The number of carbonyl (C=O) groups excluding carboxylic acids is 2. The summed E-state index contributed by atoms with van der Waals surface area (Å²) < 4.78 is 9.58. The predicted octanol–water partition coefficient (Wildman–Crippen LogP) is 0.210. The third-order valence-electron chi connectivity index (χ3n) is 2.13. The molecule has 5 heteroatoms. The van der Waals surface area contributed by atoms with E-state index in [0.29, 0.717) is 0 Å². The molecule has 1 aliphatic rings.